The molecule has 52 valence electrons. The van der Waals surface area contributed by atoms with Crippen LogP contribution in [-0.2, 0) is 4.79 Å². The Morgan fingerprint density at radius 1 is 1.67 bits per heavy atom. The Kier molecular flexibility index (Phi) is 4.78. The fraction of sp³-hybridized carbons (Fsp3) is 0.667. The number of nitrogens with zero attached hydrogens (tertiary/aromatic N) is 2. The number of hydrogen-bond donors (Lipinski definition) is 0. The first-order valence-corrected chi connectivity index (χ1v) is 3.01. The van der Waals surface area contributed by atoms with E-state index in [1.54, 1.807) is 13.3 Å². The molecule has 0 N–H and O–H groups in total. The summed E-state index contributed by atoms with van der Waals surface area (Å²) in [6, 6.07) is 0. The summed E-state index contributed by atoms with van der Waals surface area (Å²) in [5.41, 5.74) is 0. The standard InChI is InChI=1S/C6H12N2O/c1-3-4-5-7-8(2)6-9/h5-6H,3-4H2,1-2H3. The maximum atomic E-state index is 9.91. The number of hydrazone groups is 1. The minimum Gasteiger partial charge on any atom is -0.277 e. The zero-order valence-corrected chi connectivity index (χ0v) is 5.87. The predicted molar refractivity (Wildman–Crippen MR) is 37.2 cm³/mol. The third kappa shape index (κ3) is 5.00. The van der Waals surface area contributed by atoms with E-state index in [9.17, 15) is 4.79 Å². The summed E-state index contributed by atoms with van der Waals surface area (Å²) < 4.78 is 0. The molecule has 3 heteroatoms. The monoisotopic (exact) mass is 128 g/mol. The number of rotatable bonds is 4. The largest absolute Gasteiger partial charge is 0.277 e. The van der Waals surface area contributed by atoms with Crippen molar-refractivity contribution in [2.75, 3.05) is 7.05 Å². The van der Waals surface area contributed by atoms with Crippen LogP contribution < -0.4 is 0 Å². The van der Waals surface area contributed by atoms with Crippen molar-refractivity contribution in [3.05, 3.63) is 0 Å². The van der Waals surface area contributed by atoms with Crippen LogP contribution in [0.1, 0.15) is 19.8 Å². The van der Waals surface area contributed by atoms with Gasteiger partial charge in [0.15, 0.2) is 0 Å². The van der Waals surface area contributed by atoms with Gasteiger partial charge < -0.3 is 0 Å². The van der Waals surface area contributed by atoms with Gasteiger partial charge in [0.05, 0.1) is 0 Å². The predicted octanol–water partition coefficient (Wildman–Crippen LogP) is 0.861. The van der Waals surface area contributed by atoms with E-state index in [0.29, 0.717) is 6.41 Å². The molecule has 0 atom stereocenters. The van der Waals surface area contributed by atoms with E-state index in [1.807, 2.05) is 0 Å². The molecule has 0 unspecified atom stereocenters. The van der Waals surface area contributed by atoms with Crippen molar-refractivity contribution < 1.29 is 4.79 Å². The van der Waals surface area contributed by atoms with E-state index in [-0.39, 0.29) is 0 Å². The van der Waals surface area contributed by atoms with Crippen molar-refractivity contribution in [1.82, 2.24) is 5.01 Å². The van der Waals surface area contributed by atoms with Gasteiger partial charge >= 0.3 is 0 Å². The van der Waals surface area contributed by atoms with E-state index in [4.69, 9.17) is 0 Å². The normalized spacial score (nSPS) is 10.0. The molecule has 3 nitrogen and oxygen atoms in total. The molecule has 1 amide bonds. The molecular formula is C6H12N2O. The highest BCUT2D eigenvalue weighted by Gasteiger charge is 1.81. The second kappa shape index (κ2) is 5.28. The van der Waals surface area contributed by atoms with Gasteiger partial charge in [-0.1, -0.05) is 13.3 Å². The van der Waals surface area contributed by atoms with Crippen LogP contribution in [0.2, 0.25) is 0 Å². The van der Waals surface area contributed by atoms with Crippen LogP contribution in [0.5, 0.6) is 0 Å². The Bertz CT molecular complexity index is 101. The van der Waals surface area contributed by atoms with Crippen molar-refractivity contribution in [3.63, 3.8) is 0 Å². The van der Waals surface area contributed by atoms with Crippen LogP contribution in [-0.4, -0.2) is 24.7 Å². The Morgan fingerprint density at radius 2 is 2.33 bits per heavy atom. The molecule has 9 heavy (non-hydrogen) atoms. The first kappa shape index (κ1) is 8.14. The molecule has 0 saturated carbocycles. The molecule has 0 aromatic carbocycles. The average molecular weight is 128 g/mol. The Morgan fingerprint density at radius 3 is 2.78 bits per heavy atom. The number of carbonyl (C=O) groups excluding carboxylic acids is 1. The molecule has 0 fully saturated rings. The lowest BCUT2D eigenvalue weighted by atomic mass is 10.4. The highest BCUT2D eigenvalue weighted by atomic mass is 16.1. The summed E-state index contributed by atoms with van der Waals surface area (Å²) in [4.78, 5) is 9.91. The van der Waals surface area contributed by atoms with E-state index < -0.39 is 0 Å². The molecule has 0 bridgehead atoms. The first-order valence-electron chi connectivity index (χ1n) is 3.01. The fourth-order valence-corrected chi connectivity index (χ4v) is 0.343. The average Bonchev–Trinajstić information content (AvgIpc) is 1.89. The summed E-state index contributed by atoms with van der Waals surface area (Å²) in [6.07, 6.45) is 4.40. The Labute approximate surface area is 55.4 Å². The van der Waals surface area contributed by atoms with Gasteiger partial charge in [-0.15, -0.1) is 0 Å². The van der Waals surface area contributed by atoms with E-state index in [2.05, 4.69) is 12.0 Å². The van der Waals surface area contributed by atoms with Crippen LogP contribution in [0, 0.1) is 0 Å². The molecule has 0 spiro atoms. The second-order valence-corrected chi connectivity index (χ2v) is 1.77. The van der Waals surface area contributed by atoms with Crippen molar-refractivity contribution in [2.24, 2.45) is 5.10 Å². The van der Waals surface area contributed by atoms with Gasteiger partial charge in [0.2, 0.25) is 6.41 Å². The van der Waals surface area contributed by atoms with Crippen LogP contribution in [0.4, 0.5) is 0 Å². The van der Waals surface area contributed by atoms with E-state index in [1.165, 1.54) is 5.01 Å². The molecule has 0 aromatic rings. The van der Waals surface area contributed by atoms with Crippen LogP contribution in [0.15, 0.2) is 5.10 Å². The SMILES string of the molecule is CCCC=NN(C)C=O. The minimum atomic E-state index is 0.673. The van der Waals surface area contributed by atoms with Gasteiger partial charge in [0, 0.05) is 13.3 Å². The van der Waals surface area contributed by atoms with Crippen LogP contribution in [0.3, 0.4) is 0 Å². The van der Waals surface area contributed by atoms with Gasteiger partial charge in [0.1, 0.15) is 0 Å². The van der Waals surface area contributed by atoms with Gasteiger partial charge in [-0.3, -0.25) is 4.79 Å². The molecule has 0 aliphatic carbocycles. The summed E-state index contributed by atoms with van der Waals surface area (Å²) >= 11 is 0. The molecule has 0 aliphatic rings. The Hall–Kier alpha value is -0.860. The summed E-state index contributed by atoms with van der Waals surface area (Å²) in [7, 11) is 1.61. The molecule has 0 aliphatic heterocycles. The number of hydrogen-bond acceptors (Lipinski definition) is 2. The van der Waals surface area contributed by atoms with Crippen LogP contribution in [0.25, 0.3) is 0 Å². The Balaban J connectivity index is 3.31. The minimum absolute atomic E-state index is 0.673. The van der Waals surface area contributed by atoms with Gasteiger partial charge in [0.25, 0.3) is 0 Å². The van der Waals surface area contributed by atoms with Gasteiger partial charge in [-0.25, -0.2) is 5.01 Å². The van der Waals surface area contributed by atoms with Crippen molar-refractivity contribution >= 4 is 12.6 Å². The number of amides is 1. The smallest absolute Gasteiger partial charge is 0.229 e. The topological polar surface area (TPSA) is 32.7 Å². The zero-order chi connectivity index (χ0) is 7.11. The first-order chi connectivity index (χ1) is 4.31. The molecule has 0 radical (unpaired) electrons. The summed E-state index contributed by atoms with van der Waals surface area (Å²) in [5, 5.41) is 5.02. The number of unbranched alkanes of at least 4 members (excludes halogenated alkanes) is 1. The highest BCUT2D eigenvalue weighted by Crippen LogP contribution is 1.81. The quantitative estimate of drug-likeness (QED) is 0.314. The maximum absolute atomic E-state index is 9.91. The summed E-state index contributed by atoms with van der Waals surface area (Å²) in [6.45, 7) is 2.06. The lowest BCUT2D eigenvalue weighted by molar-refractivity contribution is -0.116. The van der Waals surface area contributed by atoms with E-state index >= 15 is 0 Å². The lowest BCUT2D eigenvalue weighted by Gasteiger charge is -1.98. The highest BCUT2D eigenvalue weighted by molar-refractivity contribution is 5.59. The third-order valence-corrected chi connectivity index (χ3v) is 0.834. The second-order valence-electron chi connectivity index (χ2n) is 1.77. The van der Waals surface area contributed by atoms with E-state index in [0.717, 1.165) is 12.8 Å². The zero-order valence-electron chi connectivity index (χ0n) is 5.87. The fourth-order valence-electron chi connectivity index (χ4n) is 0.343. The number of carbonyl (C=O) groups is 1. The molecule has 0 rings (SSSR count). The third-order valence-electron chi connectivity index (χ3n) is 0.834. The van der Waals surface area contributed by atoms with Crippen molar-refractivity contribution in [3.8, 4) is 0 Å². The molecule has 0 saturated heterocycles. The van der Waals surface area contributed by atoms with Gasteiger partial charge in [-0.2, -0.15) is 5.10 Å². The van der Waals surface area contributed by atoms with Crippen LogP contribution >= 0.6 is 0 Å². The van der Waals surface area contributed by atoms with Crippen molar-refractivity contribution in [1.29, 1.82) is 0 Å². The van der Waals surface area contributed by atoms with Gasteiger partial charge in [-0.05, 0) is 6.42 Å². The van der Waals surface area contributed by atoms with Crippen molar-refractivity contribution in [2.45, 2.75) is 19.8 Å². The summed E-state index contributed by atoms with van der Waals surface area (Å²) in [5.74, 6) is 0. The molecule has 0 aromatic heterocycles. The lowest BCUT2D eigenvalue weighted by Crippen LogP contribution is -2.06. The molecule has 0 heterocycles. The molecular weight excluding hydrogens is 116 g/mol. The maximum Gasteiger partial charge on any atom is 0.229 e.